The molecule has 2 atom stereocenters. The van der Waals surface area contributed by atoms with Crippen molar-refractivity contribution in [3.63, 3.8) is 0 Å². The highest BCUT2D eigenvalue weighted by Crippen LogP contribution is 2.28. The fourth-order valence-corrected chi connectivity index (χ4v) is 3.85. The Hall–Kier alpha value is -3.59. The van der Waals surface area contributed by atoms with E-state index in [0.717, 1.165) is 31.7 Å². The molecule has 1 aliphatic rings. The Morgan fingerprint density at radius 1 is 1.03 bits per heavy atom. The lowest BCUT2D eigenvalue weighted by Crippen LogP contribution is -2.43. The van der Waals surface area contributed by atoms with Crippen molar-refractivity contribution in [1.29, 1.82) is 0 Å². The number of carbonyl (C=O) groups excluding carboxylic acids is 1. The van der Waals surface area contributed by atoms with E-state index in [4.69, 9.17) is 11.5 Å². The van der Waals surface area contributed by atoms with E-state index in [0.29, 0.717) is 16.9 Å². The van der Waals surface area contributed by atoms with E-state index in [1.165, 1.54) is 12.3 Å². The Labute approximate surface area is 184 Å². The molecule has 2 heterocycles. The lowest BCUT2D eigenvalue weighted by atomic mass is 9.91. The average molecular weight is 438 g/mol. The summed E-state index contributed by atoms with van der Waals surface area (Å²) >= 11 is 0. The summed E-state index contributed by atoms with van der Waals surface area (Å²) in [6.45, 7) is 0. The maximum absolute atomic E-state index is 14.7. The molecule has 0 radical (unpaired) electrons. The molecule has 0 saturated heterocycles. The van der Waals surface area contributed by atoms with Gasteiger partial charge in [-0.25, -0.2) is 13.8 Å². The van der Waals surface area contributed by atoms with E-state index in [9.17, 15) is 13.6 Å². The fourth-order valence-electron chi connectivity index (χ4n) is 3.85. The van der Waals surface area contributed by atoms with Gasteiger partial charge in [-0.1, -0.05) is 25.0 Å². The first-order chi connectivity index (χ1) is 15.4. The lowest BCUT2D eigenvalue weighted by molar-refractivity contribution is 0.100. The molecule has 32 heavy (non-hydrogen) atoms. The molecule has 166 valence electrons. The van der Waals surface area contributed by atoms with E-state index in [1.807, 2.05) is 0 Å². The summed E-state index contributed by atoms with van der Waals surface area (Å²) in [6.07, 6.45) is 5.18. The average Bonchev–Trinajstić information content (AvgIpc) is 2.77. The molecule has 1 aromatic carbocycles. The van der Waals surface area contributed by atoms with Gasteiger partial charge in [-0.3, -0.25) is 9.78 Å². The third-order valence-corrected chi connectivity index (χ3v) is 5.56. The quantitative estimate of drug-likeness (QED) is 0.463. The van der Waals surface area contributed by atoms with Crippen LogP contribution in [0.5, 0.6) is 0 Å². The number of nitrogens with one attached hydrogen (secondary N) is 2. The van der Waals surface area contributed by atoms with Gasteiger partial charge in [0.2, 0.25) is 0 Å². The van der Waals surface area contributed by atoms with Gasteiger partial charge in [-0.05, 0) is 43.2 Å². The van der Waals surface area contributed by atoms with Gasteiger partial charge in [0.25, 0.3) is 5.91 Å². The van der Waals surface area contributed by atoms with Gasteiger partial charge in [-0.15, -0.1) is 0 Å². The zero-order chi connectivity index (χ0) is 22.7. The molecule has 0 aliphatic heterocycles. The van der Waals surface area contributed by atoms with Crippen molar-refractivity contribution in [2.45, 2.75) is 37.8 Å². The Morgan fingerprint density at radius 3 is 2.56 bits per heavy atom. The third kappa shape index (κ3) is 4.67. The Bertz CT molecular complexity index is 1140. The van der Waals surface area contributed by atoms with E-state index in [2.05, 4.69) is 20.6 Å². The van der Waals surface area contributed by atoms with Crippen LogP contribution >= 0.6 is 0 Å². The number of carbonyl (C=O) groups is 1. The third-order valence-electron chi connectivity index (χ3n) is 5.56. The Kier molecular flexibility index (Phi) is 6.27. The number of hydrogen-bond acceptors (Lipinski definition) is 6. The minimum Gasteiger partial charge on any atom is -0.365 e. The van der Waals surface area contributed by atoms with Gasteiger partial charge in [0.1, 0.15) is 11.6 Å². The number of nitrogens with zero attached hydrogens (tertiary/aromatic N) is 2. The molecule has 7 nitrogen and oxygen atoms in total. The topological polar surface area (TPSA) is 119 Å². The molecule has 1 fully saturated rings. The number of aromatic nitrogens is 2. The first-order valence-corrected chi connectivity index (χ1v) is 10.4. The molecule has 3 aromatic rings. The van der Waals surface area contributed by atoms with Gasteiger partial charge in [0.15, 0.2) is 11.6 Å². The second kappa shape index (κ2) is 9.27. The fraction of sp³-hybridized carbons (Fsp3) is 0.261. The molecule has 4 rings (SSSR count). The first-order valence-electron chi connectivity index (χ1n) is 10.4. The van der Waals surface area contributed by atoms with Crippen LogP contribution in [0.15, 0.2) is 48.7 Å². The van der Waals surface area contributed by atoms with Crippen LogP contribution in [0.25, 0.3) is 11.3 Å². The van der Waals surface area contributed by atoms with Crippen LogP contribution in [-0.2, 0) is 0 Å². The van der Waals surface area contributed by atoms with Gasteiger partial charge in [-0.2, -0.15) is 0 Å². The molecule has 0 bridgehead atoms. The minimum absolute atomic E-state index is 0.0109. The van der Waals surface area contributed by atoms with E-state index < -0.39 is 17.5 Å². The van der Waals surface area contributed by atoms with Crippen LogP contribution in [0.4, 0.5) is 26.1 Å². The maximum atomic E-state index is 14.7. The highest BCUT2D eigenvalue weighted by molar-refractivity contribution is 5.98. The van der Waals surface area contributed by atoms with Crippen LogP contribution in [0.2, 0.25) is 0 Å². The number of rotatable bonds is 6. The molecule has 0 spiro atoms. The molecule has 1 amide bonds. The van der Waals surface area contributed by atoms with E-state index in [-0.39, 0.29) is 29.3 Å². The summed E-state index contributed by atoms with van der Waals surface area (Å²) in [5, 5.41) is 6.06. The maximum Gasteiger partial charge on any atom is 0.252 e. The number of hydrogen-bond donors (Lipinski definition) is 4. The van der Waals surface area contributed by atoms with Gasteiger partial charge in [0.05, 0.1) is 11.3 Å². The summed E-state index contributed by atoms with van der Waals surface area (Å²) in [5.41, 5.74) is 12.7. The highest BCUT2D eigenvalue weighted by Gasteiger charge is 2.24. The first kappa shape index (κ1) is 21.6. The second-order valence-corrected chi connectivity index (χ2v) is 7.81. The number of nitrogens with two attached hydrogens (primary N) is 2. The van der Waals surface area contributed by atoms with E-state index in [1.54, 1.807) is 30.3 Å². The summed E-state index contributed by atoms with van der Waals surface area (Å²) in [6, 6.07) is 10.3. The number of primary amides is 1. The number of anilines is 3. The molecule has 6 N–H and O–H groups in total. The summed E-state index contributed by atoms with van der Waals surface area (Å²) in [7, 11) is 0. The van der Waals surface area contributed by atoms with Crippen molar-refractivity contribution >= 4 is 23.2 Å². The van der Waals surface area contributed by atoms with Crippen LogP contribution < -0.4 is 22.1 Å². The molecular formula is C23H24F2N6O. The van der Waals surface area contributed by atoms with Crippen LogP contribution in [0, 0.1) is 11.6 Å². The number of pyridine rings is 2. The molecular weight excluding hydrogens is 414 g/mol. The molecule has 1 aliphatic carbocycles. The number of benzene rings is 1. The number of amides is 1. The van der Waals surface area contributed by atoms with Crippen molar-refractivity contribution in [1.82, 2.24) is 9.97 Å². The zero-order valence-corrected chi connectivity index (χ0v) is 17.3. The van der Waals surface area contributed by atoms with Crippen LogP contribution in [0.3, 0.4) is 0 Å². The van der Waals surface area contributed by atoms with Crippen molar-refractivity contribution < 1.29 is 13.6 Å². The van der Waals surface area contributed by atoms with Crippen LogP contribution in [0.1, 0.15) is 36.0 Å². The van der Waals surface area contributed by atoms with E-state index >= 15 is 0 Å². The van der Waals surface area contributed by atoms with Crippen molar-refractivity contribution in [2.75, 3.05) is 10.6 Å². The second-order valence-electron chi connectivity index (χ2n) is 7.81. The number of halogens is 2. The molecule has 9 heteroatoms. The zero-order valence-electron chi connectivity index (χ0n) is 17.3. The summed E-state index contributed by atoms with van der Waals surface area (Å²) in [5.74, 6) is -1.86. The predicted octanol–water partition coefficient (Wildman–Crippen LogP) is 3.95. The largest absolute Gasteiger partial charge is 0.365 e. The SMILES string of the molecule is NC(=O)c1cc(F)c(NC2CCCC[C@@H]2N)nc1Nc1ccnc(-c2ccccc2F)c1. The monoisotopic (exact) mass is 438 g/mol. The smallest absolute Gasteiger partial charge is 0.252 e. The van der Waals surface area contributed by atoms with Crippen molar-refractivity contribution in [3.05, 3.63) is 65.9 Å². The normalized spacial score (nSPS) is 18.2. The Morgan fingerprint density at radius 2 is 1.81 bits per heavy atom. The molecule has 1 unspecified atom stereocenters. The van der Waals surface area contributed by atoms with Gasteiger partial charge < -0.3 is 22.1 Å². The molecule has 1 saturated carbocycles. The van der Waals surface area contributed by atoms with Gasteiger partial charge >= 0.3 is 0 Å². The molecule has 2 aromatic heterocycles. The van der Waals surface area contributed by atoms with Crippen LogP contribution in [-0.4, -0.2) is 28.0 Å². The standard InChI is InChI=1S/C23H24F2N6O/c24-16-6-2-1-5-14(16)20-11-13(9-10-28-20)29-22-15(21(27)32)12-17(25)23(31-22)30-19-8-4-3-7-18(19)26/h1-2,5-6,9-12,18-19H,3-4,7-8,26H2,(H2,27,32)(H2,28,29,30,31)/t18-,19?/m0/s1. The summed E-state index contributed by atoms with van der Waals surface area (Å²) < 4.78 is 28.8. The van der Waals surface area contributed by atoms with Crippen molar-refractivity contribution in [2.24, 2.45) is 11.5 Å². The predicted molar refractivity (Wildman–Crippen MR) is 119 cm³/mol. The Balaban J connectivity index is 1.66. The van der Waals surface area contributed by atoms with Gasteiger partial charge in [0, 0.05) is 29.5 Å². The summed E-state index contributed by atoms with van der Waals surface area (Å²) in [4.78, 5) is 20.4. The minimum atomic E-state index is -0.830. The van der Waals surface area contributed by atoms with Crippen molar-refractivity contribution in [3.8, 4) is 11.3 Å². The highest BCUT2D eigenvalue weighted by atomic mass is 19.1. The lowest BCUT2D eigenvalue weighted by Gasteiger charge is -2.30.